The van der Waals surface area contributed by atoms with Gasteiger partial charge in [-0.2, -0.15) is 0 Å². The first kappa shape index (κ1) is 15.5. The molecule has 0 aliphatic heterocycles. The van der Waals surface area contributed by atoms with Crippen LogP contribution in [-0.2, 0) is 4.79 Å². The van der Waals surface area contributed by atoms with Crippen molar-refractivity contribution in [3.63, 3.8) is 0 Å². The van der Waals surface area contributed by atoms with Crippen LogP contribution in [0.25, 0.3) is 0 Å². The number of carboxylic acid groups (broad SMARTS) is 1. The summed E-state index contributed by atoms with van der Waals surface area (Å²) in [6, 6.07) is 3.99. The molecule has 0 aliphatic carbocycles. The molecule has 1 rings (SSSR count). The molecule has 0 heterocycles. The highest BCUT2D eigenvalue weighted by Gasteiger charge is 2.16. The molecule has 0 fully saturated rings. The van der Waals surface area contributed by atoms with Gasteiger partial charge in [-0.05, 0) is 39.0 Å². The van der Waals surface area contributed by atoms with Crippen molar-refractivity contribution < 1.29 is 19.4 Å². The van der Waals surface area contributed by atoms with Crippen LogP contribution in [0.3, 0.4) is 0 Å². The van der Waals surface area contributed by atoms with E-state index in [0.29, 0.717) is 15.8 Å². The minimum absolute atomic E-state index is 0.0110. The summed E-state index contributed by atoms with van der Waals surface area (Å²) in [7, 11) is 0. The molecule has 0 spiro atoms. The van der Waals surface area contributed by atoms with E-state index < -0.39 is 17.9 Å². The molecule has 0 aliphatic rings. The van der Waals surface area contributed by atoms with Gasteiger partial charge in [0.25, 0.3) is 5.91 Å². The smallest absolute Gasteiger partial charge is 0.325 e. The average Bonchev–Trinajstić information content (AvgIpc) is 2.26. The van der Waals surface area contributed by atoms with Gasteiger partial charge in [-0.3, -0.25) is 9.59 Å². The highest BCUT2D eigenvalue weighted by atomic mass is 79.9. The van der Waals surface area contributed by atoms with E-state index in [-0.39, 0.29) is 6.10 Å². The minimum atomic E-state index is -1.08. The Morgan fingerprint density at radius 3 is 2.42 bits per heavy atom. The van der Waals surface area contributed by atoms with Gasteiger partial charge in [-0.1, -0.05) is 15.9 Å². The highest BCUT2D eigenvalue weighted by molar-refractivity contribution is 9.10. The van der Waals surface area contributed by atoms with Crippen LogP contribution < -0.4 is 10.1 Å². The van der Waals surface area contributed by atoms with Crippen molar-refractivity contribution in [1.29, 1.82) is 0 Å². The zero-order valence-corrected chi connectivity index (χ0v) is 12.5. The Morgan fingerprint density at radius 2 is 1.89 bits per heavy atom. The number of aliphatic carboxylic acids is 1. The molecule has 0 aromatic heterocycles. The van der Waals surface area contributed by atoms with Crippen LogP contribution >= 0.6 is 15.9 Å². The Bertz CT molecular complexity index is 488. The Hall–Kier alpha value is -1.56. The molecule has 0 saturated heterocycles. The number of ether oxygens (including phenoxy) is 1. The normalized spacial score (nSPS) is 12.1. The van der Waals surface area contributed by atoms with Gasteiger partial charge in [-0.25, -0.2) is 0 Å². The molecule has 2 N–H and O–H groups in total. The van der Waals surface area contributed by atoms with Crippen LogP contribution in [0.5, 0.6) is 5.75 Å². The first-order chi connectivity index (χ1) is 8.79. The van der Waals surface area contributed by atoms with Gasteiger partial charge in [0.1, 0.15) is 11.8 Å². The Balaban J connectivity index is 2.90. The van der Waals surface area contributed by atoms with Crippen LogP contribution in [0.15, 0.2) is 22.7 Å². The molecule has 0 saturated carbocycles. The summed E-state index contributed by atoms with van der Waals surface area (Å²) in [5.41, 5.74) is 0.345. The maximum Gasteiger partial charge on any atom is 0.325 e. The number of carbonyl (C=O) groups excluding carboxylic acids is 1. The minimum Gasteiger partial charge on any atom is -0.491 e. The maximum atomic E-state index is 11.9. The van der Waals surface area contributed by atoms with Crippen LogP contribution in [0.4, 0.5) is 0 Å². The Morgan fingerprint density at radius 1 is 1.26 bits per heavy atom. The molecule has 0 unspecified atom stereocenters. The number of rotatable bonds is 5. The molecule has 0 radical (unpaired) electrons. The molecule has 0 bridgehead atoms. The highest BCUT2D eigenvalue weighted by Crippen LogP contribution is 2.22. The fraction of sp³-hybridized carbons (Fsp3) is 0.385. The summed E-state index contributed by atoms with van der Waals surface area (Å²) in [4.78, 5) is 22.6. The number of amides is 1. The quantitative estimate of drug-likeness (QED) is 0.869. The number of carboxylic acids is 1. The number of nitrogens with one attached hydrogen (secondary N) is 1. The fourth-order valence-corrected chi connectivity index (χ4v) is 1.85. The second-order valence-corrected chi connectivity index (χ2v) is 5.29. The molecule has 1 aromatic rings. The SMILES string of the molecule is CC(C)Oc1cc(Br)cc(C(=O)N[C@@H](C)C(=O)O)c1. The van der Waals surface area contributed by atoms with E-state index in [2.05, 4.69) is 21.2 Å². The largest absolute Gasteiger partial charge is 0.491 e. The predicted octanol–water partition coefficient (Wildman–Crippen LogP) is 2.44. The van der Waals surface area contributed by atoms with Crippen molar-refractivity contribution in [2.75, 3.05) is 0 Å². The van der Waals surface area contributed by atoms with Crippen LogP contribution in [-0.4, -0.2) is 29.1 Å². The van der Waals surface area contributed by atoms with E-state index in [1.165, 1.54) is 6.92 Å². The number of halogens is 1. The predicted molar refractivity (Wildman–Crippen MR) is 74.5 cm³/mol. The molecule has 104 valence electrons. The topological polar surface area (TPSA) is 75.6 Å². The number of hydrogen-bond donors (Lipinski definition) is 2. The summed E-state index contributed by atoms with van der Waals surface area (Å²) < 4.78 is 6.21. The lowest BCUT2D eigenvalue weighted by Gasteiger charge is -2.13. The third kappa shape index (κ3) is 4.90. The molecular formula is C13H16BrNO4. The Kier molecular flexibility index (Phi) is 5.35. The monoisotopic (exact) mass is 329 g/mol. The number of carbonyl (C=O) groups is 2. The van der Waals surface area contributed by atoms with Gasteiger partial charge >= 0.3 is 5.97 Å². The van der Waals surface area contributed by atoms with E-state index in [0.717, 1.165) is 0 Å². The summed E-state index contributed by atoms with van der Waals surface area (Å²) in [6.07, 6.45) is -0.0110. The summed E-state index contributed by atoms with van der Waals surface area (Å²) in [6.45, 7) is 5.17. The molecule has 5 nitrogen and oxygen atoms in total. The van der Waals surface area contributed by atoms with Crippen molar-refractivity contribution in [1.82, 2.24) is 5.32 Å². The standard InChI is InChI=1S/C13H16BrNO4/c1-7(2)19-11-5-9(4-10(14)6-11)12(16)15-8(3)13(17)18/h4-8H,1-3H3,(H,15,16)(H,17,18)/t8-/m0/s1. The number of benzene rings is 1. The molecule has 1 amide bonds. The maximum absolute atomic E-state index is 11.9. The third-order valence-electron chi connectivity index (χ3n) is 2.22. The zero-order valence-electron chi connectivity index (χ0n) is 10.9. The summed E-state index contributed by atoms with van der Waals surface area (Å²) >= 11 is 3.29. The van der Waals surface area contributed by atoms with E-state index in [9.17, 15) is 9.59 Å². The van der Waals surface area contributed by atoms with Crippen LogP contribution in [0.1, 0.15) is 31.1 Å². The van der Waals surface area contributed by atoms with Gasteiger partial charge in [0.15, 0.2) is 0 Å². The lowest BCUT2D eigenvalue weighted by molar-refractivity contribution is -0.138. The average molecular weight is 330 g/mol. The van der Waals surface area contributed by atoms with Crippen molar-refractivity contribution in [3.05, 3.63) is 28.2 Å². The van der Waals surface area contributed by atoms with E-state index >= 15 is 0 Å². The molecular weight excluding hydrogens is 314 g/mol. The summed E-state index contributed by atoms with van der Waals surface area (Å²) in [5.74, 6) is -0.982. The number of hydrogen-bond acceptors (Lipinski definition) is 3. The first-order valence-corrected chi connectivity index (χ1v) is 6.60. The van der Waals surface area contributed by atoms with Crippen LogP contribution in [0.2, 0.25) is 0 Å². The molecule has 19 heavy (non-hydrogen) atoms. The van der Waals surface area contributed by atoms with E-state index in [4.69, 9.17) is 9.84 Å². The summed E-state index contributed by atoms with van der Waals surface area (Å²) in [5, 5.41) is 11.1. The van der Waals surface area contributed by atoms with Gasteiger partial charge in [0.05, 0.1) is 6.10 Å². The lowest BCUT2D eigenvalue weighted by Crippen LogP contribution is -2.38. The van der Waals surface area contributed by atoms with E-state index in [1.54, 1.807) is 18.2 Å². The van der Waals surface area contributed by atoms with Crippen molar-refractivity contribution >= 4 is 27.8 Å². The van der Waals surface area contributed by atoms with Crippen LogP contribution in [0, 0.1) is 0 Å². The van der Waals surface area contributed by atoms with Gasteiger partial charge < -0.3 is 15.2 Å². The zero-order chi connectivity index (χ0) is 14.6. The third-order valence-corrected chi connectivity index (χ3v) is 2.68. The Labute approximate surface area is 120 Å². The molecule has 1 atom stereocenters. The van der Waals surface area contributed by atoms with E-state index in [1.807, 2.05) is 13.8 Å². The lowest BCUT2D eigenvalue weighted by atomic mass is 10.2. The van der Waals surface area contributed by atoms with Gasteiger partial charge in [-0.15, -0.1) is 0 Å². The second kappa shape index (κ2) is 6.56. The second-order valence-electron chi connectivity index (χ2n) is 4.38. The molecule has 1 aromatic carbocycles. The van der Waals surface area contributed by atoms with Gasteiger partial charge in [0, 0.05) is 10.0 Å². The first-order valence-electron chi connectivity index (χ1n) is 5.80. The van der Waals surface area contributed by atoms with Crippen molar-refractivity contribution in [3.8, 4) is 5.75 Å². The van der Waals surface area contributed by atoms with Gasteiger partial charge in [0.2, 0.25) is 0 Å². The molecule has 6 heteroatoms. The van der Waals surface area contributed by atoms with Crippen molar-refractivity contribution in [2.45, 2.75) is 32.9 Å². The fourth-order valence-electron chi connectivity index (χ4n) is 1.38. The van der Waals surface area contributed by atoms with Crippen molar-refractivity contribution in [2.24, 2.45) is 0 Å².